The van der Waals surface area contributed by atoms with Crippen LogP contribution >= 0.6 is 15.9 Å². The van der Waals surface area contributed by atoms with Gasteiger partial charge in [-0.25, -0.2) is 9.59 Å². The third-order valence-electron chi connectivity index (χ3n) is 2.11. The van der Waals surface area contributed by atoms with Crippen molar-refractivity contribution in [3.63, 3.8) is 0 Å². The Bertz CT molecular complexity index is 515. The lowest BCUT2D eigenvalue weighted by Crippen LogP contribution is -2.17. The first-order valence-corrected chi connectivity index (χ1v) is 5.95. The molecule has 0 saturated carbocycles. The van der Waals surface area contributed by atoms with Crippen molar-refractivity contribution in [2.24, 2.45) is 0 Å². The van der Waals surface area contributed by atoms with Gasteiger partial charge < -0.3 is 14.6 Å². The molecule has 0 aromatic heterocycles. The van der Waals surface area contributed by atoms with Crippen LogP contribution in [0.2, 0.25) is 0 Å². The molecule has 0 aliphatic rings. The maximum Gasteiger partial charge on any atom is 0.411 e. The summed E-state index contributed by atoms with van der Waals surface area (Å²) in [5.74, 6) is -1.09. The minimum absolute atomic E-state index is 0.0236. The fraction of sp³-hybridized carbons (Fsp3) is 0.167. The SMILES string of the molecule is C=CCOC(=O)Nc1c(Br)ccc(OC)c1C(=O)O. The summed E-state index contributed by atoms with van der Waals surface area (Å²) in [5, 5.41) is 11.5. The van der Waals surface area contributed by atoms with E-state index < -0.39 is 12.1 Å². The number of nitrogens with one attached hydrogen (secondary N) is 1. The number of benzene rings is 1. The maximum absolute atomic E-state index is 11.5. The Labute approximate surface area is 118 Å². The quantitative estimate of drug-likeness (QED) is 0.811. The molecule has 0 aliphatic heterocycles. The van der Waals surface area contributed by atoms with Gasteiger partial charge in [0.25, 0.3) is 0 Å². The summed E-state index contributed by atoms with van der Waals surface area (Å²) in [6.45, 7) is 3.43. The third kappa shape index (κ3) is 3.72. The van der Waals surface area contributed by atoms with Crippen LogP contribution in [0.25, 0.3) is 0 Å². The largest absolute Gasteiger partial charge is 0.496 e. The molecule has 0 atom stereocenters. The number of methoxy groups -OCH3 is 1. The molecule has 1 amide bonds. The lowest BCUT2D eigenvalue weighted by molar-refractivity contribution is 0.0694. The minimum Gasteiger partial charge on any atom is -0.496 e. The number of halogens is 1. The highest BCUT2D eigenvalue weighted by atomic mass is 79.9. The Balaban J connectivity index is 3.14. The summed E-state index contributed by atoms with van der Waals surface area (Å²) in [6.07, 6.45) is 0.620. The number of anilines is 1. The zero-order valence-corrected chi connectivity index (χ0v) is 11.7. The Kier molecular flexibility index (Phi) is 5.37. The third-order valence-corrected chi connectivity index (χ3v) is 2.77. The van der Waals surface area contributed by atoms with Crippen molar-refractivity contribution >= 4 is 33.7 Å². The molecule has 7 heteroatoms. The van der Waals surface area contributed by atoms with Gasteiger partial charge in [0.15, 0.2) is 0 Å². The highest BCUT2D eigenvalue weighted by Crippen LogP contribution is 2.33. The van der Waals surface area contributed by atoms with E-state index in [9.17, 15) is 14.7 Å². The number of hydrogen-bond acceptors (Lipinski definition) is 4. The highest BCUT2D eigenvalue weighted by molar-refractivity contribution is 9.10. The number of rotatable bonds is 5. The van der Waals surface area contributed by atoms with Crippen molar-refractivity contribution in [1.82, 2.24) is 0 Å². The average molecular weight is 330 g/mol. The predicted octanol–water partition coefficient (Wildman–Crippen LogP) is 2.89. The van der Waals surface area contributed by atoms with Gasteiger partial charge in [-0.05, 0) is 28.1 Å². The summed E-state index contributed by atoms with van der Waals surface area (Å²) in [6, 6.07) is 3.04. The molecule has 0 bridgehead atoms. The molecule has 1 aromatic carbocycles. The van der Waals surface area contributed by atoms with E-state index in [0.29, 0.717) is 4.47 Å². The lowest BCUT2D eigenvalue weighted by Gasteiger charge is -2.13. The van der Waals surface area contributed by atoms with E-state index in [1.807, 2.05) is 0 Å². The number of ether oxygens (including phenoxy) is 2. The van der Waals surface area contributed by atoms with Crippen LogP contribution in [0.15, 0.2) is 29.3 Å². The number of carboxylic acids is 1. The molecule has 1 rings (SSSR count). The van der Waals surface area contributed by atoms with Gasteiger partial charge in [0.1, 0.15) is 17.9 Å². The van der Waals surface area contributed by atoms with Gasteiger partial charge in [0.05, 0.1) is 12.8 Å². The molecule has 1 aromatic rings. The number of hydrogen-bond donors (Lipinski definition) is 2. The molecular formula is C12H12BrNO5. The van der Waals surface area contributed by atoms with Gasteiger partial charge in [-0.1, -0.05) is 12.7 Å². The standard InChI is InChI=1S/C12H12BrNO5/c1-3-6-19-12(17)14-10-7(13)4-5-8(18-2)9(10)11(15)16/h3-5H,1,6H2,2H3,(H,14,17)(H,15,16). The van der Waals surface area contributed by atoms with E-state index >= 15 is 0 Å². The lowest BCUT2D eigenvalue weighted by atomic mass is 10.1. The normalized spacial score (nSPS) is 9.58. The zero-order chi connectivity index (χ0) is 14.4. The number of aromatic carboxylic acids is 1. The first-order chi connectivity index (χ1) is 9.01. The summed E-state index contributed by atoms with van der Waals surface area (Å²) < 4.78 is 10.1. The first-order valence-electron chi connectivity index (χ1n) is 5.15. The molecule has 102 valence electrons. The van der Waals surface area contributed by atoms with Crippen LogP contribution < -0.4 is 10.1 Å². The van der Waals surface area contributed by atoms with Crippen molar-refractivity contribution in [2.45, 2.75) is 0 Å². The van der Waals surface area contributed by atoms with Crippen LogP contribution in [0.5, 0.6) is 5.75 Å². The van der Waals surface area contributed by atoms with Crippen molar-refractivity contribution in [3.8, 4) is 5.75 Å². The molecule has 0 fully saturated rings. The molecule has 0 unspecified atom stereocenters. The van der Waals surface area contributed by atoms with Crippen molar-refractivity contribution in [2.75, 3.05) is 19.0 Å². The first kappa shape index (κ1) is 15.0. The Hall–Kier alpha value is -2.02. The Morgan fingerprint density at radius 2 is 2.21 bits per heavy atom. The molecule has 0 aliphatic carbocycles. The topological polar surface area (TPSA) is 84.9 Å². The second kappa shape index (κ2) is 6.79. The van der Waals surface area contributed by atoms with Crippen LogP contribution in [0.4, 0.5) is 10.5 Å². The van der Waals surface area contributed by atoms with Crippen LogP contribution in [-0.4, -0.2) is 30.9 Å². The molecule has 0 radical (unpaired) electrons. The second-order valence-electron chi connectivity index (χ2n) is 3.32. The van der Waals surface area contributed by atoms with Crippen molar-refractivity contribution < 1.29 is 24.2 Å². The molecule has 0 heterocycles. The zero-order valence-electron chi connectivity index (χ0n) is 10.1. The number of carbonyl (C=O) groups excluding carboxylic acids is 1. The summed E-state index contributed by atoms with van der Waals surface area (Å²) in [5.41, 5.74) is -0.0895. The van der Waals surface area contributed by atoms with Gasteiger partial charge in [0.2, 0.25) is 0 Å². The van der Waals surface area contributed by atoms with Crippen LogP contribution in [-0.2, 0) is 4.74 Å². The minimum atomic E-state index is -1.22. The van der Waals surface area contributed by atoms with Crippen molar-refractivity contribution in [3.05, 3.63) is 34.8 Å². The second-order valence-corrected chi connectivity index (χ2v) is 4.17. The fourth-order valence-corrected chi connectivity index (χ4v) is 1.77. The monoisotopic (exact) mass is 329 g/mol. The van der Waals surface area contributed by atoms with Crippen LogP contribution in [0, 0.1) is 0 Å². The Morgan fingerprint density at radius 3 is 2.74 bits per heavy atom. The van der Waals surface area contributed by atoms with Gasteiger partial charge in [-0.2, -0.15) is 0 Å². The number of carboxylic acid groups (broad SMARTS) is 1. The summed E-state index contributed by atoms with van der Waals surface area (Å²) in [7, 11) is 1.34. The van der Waals surface area contributed by atoms with Gasteiger partial charge in [-0.3, -0.25) is 5.32 Å². The summed E-state index contributed by atoms with van der Waals surface area (Å²) in [4.78, 5) is 22.7. The van der Waals surface area contributed by atoms with Gasteiger partial charge in [-0.15, -0.1) is 0 Å². The Morgan fingerprint density at radius 1 is 1.53 bits per heavy atom. The van der Waals surface area contributed by atoms with Gasteiger partial charge in [0, 0.05) is 4.47 Å². The summed E-state index contributed by atoms with van der Waals surface area (Å²) >= 11 is 3.17. The molecule has 0 saturated heterocycles. The van der Waals surface area contributed by atoms with E-state index in [2.05, 4.69) is 27.8 Å². The smallest absolute Gasteiger partial charge is 0.411 e. The highest BCUT2D eigenvalue weighted by Gasteiger charge is 2.21. The van der Waals surface area contributed by atoms with E-state index in [1.54, 1.807) is 6.07 Å². The number of amides is 1. The van der Waals surface area contributed by atoms with Crippen LogP contribution in [0.3, 0.4) is 0 Å². The van der Waals surface area contributed by atoms with Crippen LogP contribution in [0.1, 0.15) is 10.4 Å². The van der Waals surface area contributed by atoms with Gasteiger partial charge >= 0.3 is 12.1 Å². The van der Waals surface area contributed by atoms with E-state index in [0.717, 1.165) is 0 Å². The number of carbonyl (C=O) groups is 2. The molecule has 6 nitrogen and oxygen atoms in total. The molecule has 2 N–H and O–H groups in total. The van der Waals surface area contributed by atoms with E-state index in [4.69, 9.17) is 9.47 Å². The van der Waals surface area contributed by atoms with E-state index in [1.165, 1.54) is 19.3 Å². The molecule has 0 spiro atoms. The fourth-order valence-electron chi connectivity index (χ4n) is 1.34. The van der Waals surface area contributed by atoms with Crippen molar-refractivity contribution in [1.29, 1.82) is 0 Å². The predicted molar refractivity (Wildman–Crippen MR) is 72.8 cm³/mol. The van der Waals surface area contributed by atoms with E-state index in [-0.39, 0.29) is 23.6 Å². The maximum atomic E-state index is 11.5. The average Bonchev–Trinajstić information content (AvgIpc) is 2.38. The molecular weight excluding hydrogens is 318 g/mol. The molecule has 19 heavy (non-hydrogen) atoms.